The van der Waals surface area contributed by atoms with E-state index in [0.717, 1.165) is 16.9 Å². The molecule has 2 aromatic rings. The third-order valence-corrected chi connectivity index (χ3v) is 2.50. The molecule has 0 radical (unpaired) electrons. The van der Waals surface area contributed by atoms with Gasteiger partial charge in [-0.15, -0.1) is 0 Å². The Hall–Kier alpha value is -1.83. The van der Waals surface area contributed by atoms with Crippen LogP contribution in [0.4, 0.5) is 4.39 Å². The fraction of sp³-hybridized carbons (Fsp3) is 0.143. The topological polar surface area (TPSA) is 9.23 Å². The molecule has 2 heteroatoms. The van der Waals surface area contributed by atoms with Crippen LogP contribution in [-0.2, 0) is 0 Å². The number of ether oxygens (including phenoxy) is 1. The Bertz CT molecular complexity index is 506. The Morgan fingerprint density at radius 3 is 2.62 bits per heavy atom. The van der Waals surface area contributed by atoms with Gasteiger partial charge in [-0.2, -0.15) is 0 Å². The van der Waals surface area contributed by atoms with Gasteiger partial charge in [0.05, 0.1) is 7.11 Å². The maximum absolute atomic E-state index is 13.7. The molecule has 16 heavy (non-hydrogen) atoms. The standard InChI is InChI=1S/C14H13FO/c1-10-6-7-14(15)13(8-10)11-4-3-5-12(9-11)16-2/h3-9H,1-2H3. The van der Waals surface area contributed by atoms with Crippen LogP contribution < -0.4 is 4.74 Å². The SMILES string of the molecule is COc1cccc(-c2cc(C)ccc2F)c1. The number of hydrogen-bond acceptors (Lipinski definition) is 1. The lowest BCUT2D eigenvalue weighted by Crippen LogP contribution is -1.87. The number of methoxy groups -OCH3 is 1. The average Bonchev–Trinajstić information content (AvgIpc) is 2.32. The van der Waals surface area contributed by atoms with Gasteiger partial charge in [0.25, 0.3) is 0 Å². The van der Waals surface area contributed by atoms with Gasteiger partial charge in [0.1, 0.15) is 11.6 Å². The summed E-state index contributed by atoms with van der Waals surface area (Å²) in [6, 6.07) is 12.5. The molecule has 2 aromatic carbocycles. The van der Waals surface area contributed by atoms with E-state index in [2.05, 4.69) is 0 Å². The van der Waals surface area contributed by atoms with Gasteiger partial charge in [-0.1, -0.05) is 23.8 Å². The van der Waals surface area contributed by atoms with E-state index in [1.54, 1.807) is 13.2 Å². The minimum Gasteiger partial charge on any atom is -0.497 e. The van der Waals surface area contributed by atoms with Crippen molar-refractivity contribution in [2.75, 3.05) is 7.11 Å². The third kappa shape index (κ3) is 2.06. The Balaban J connectivity index is 2.53. The lowest BCUT2D eigenvalue weighted by molar-refractivity contribution is 0.415. The van der Waals surface area contributed by atoms with Crippen LogP contribution in [0, 0.1) is 12.7 Å². The first-order valence-corrected chi connectivity index (χ1v) is 5.11. The molecular formula is C14H13FO. The first-order chi connectivity index (χ1) is 7.70. The van der Waals surface area contributed by atoms with Gasteiger partial charge >= 0.3 is 0 Å². The molecule has 0 aromatic heterocycles. The second kappa shape index (κ2) is 4.35. The van der Waals surface area contributed by atoms with Gasteiger partial charge in [-0.3, -0.25) is 0 Å². The molecule has 1 nitrogen and oxygen atoms in total. The zero-order valence-corrected chi connectivity index (χ0v) is 9.33. The van der Waals surface area contributed by atoms with Gasteiger partial charge < -0.3 is 4.74 Å². The number of benzene rings is 2. The van der Waals surface area contributed by atoms with E-state index >= 15 is 0 Å². The quantitative estimate of drug-likeness (QED) is 0.741. The predicted molar refractivity (Wildman–Crippen MR) is 63.1 cm³/mol. The van der Waals surface area contributed by atoms with E-state index in [0.29, 0.717) is 5.56 Å². The monoisotopic (exact) mass is 216 g/mol. The highest BCUT2D eigenvalue weighted by Gasteiger charge is 2.05. The van der Waals surface area contributed by atoms with E-state index in [4.69, 9.17) is 4.74 Å². The van der Waals surface area contributed by atoms with E-state index in [1.165, 1.54) is 6.07 Å². The van der Waals surface area contributed by atoms with Crippen LogP contribution in [0.2, 0.25) is 0 Å². The van der Waals surface area contributed by atoms with Crippen molar-refractivity contribution in [3.8, 4) is 16.9 Å². The van der Waals surface area contributed by atoms with Crippen LogP contribution in [0.3, 0.4) is 0 Å². The van der Waals surface area contributed by atoms with E-state index < -0.39 is 0 Å². The fourth-order valence-electron chi connectivity index (χ4n) is 1.65. The normalized spacial score (nSPS) is 10.2. The average molecular weight is 216 g/mol. The maximum atomic E-state index is 13.7. The molecule has 0 spiro atoms. The number of hydrogen-bond donors (Lipinski definition) is 0. The molecule has 0 unspecified atom stereocenters. The molecule has 0 saturated heterocycles. The molecule has 0 aliphatic rings. The molecule has 82 valence electrons. The lowest BCUT2D eigenvalue weighted by Gasteiger charge is -2.06. The highest BCUT2D eigenvalue weighted by atomic mass is 19.1. The number of rotatable bonds is 2. The zero-order valence-electron chi connectivity index (χ0n) is 9.33. The summed E-state index contributed by atoms with van der Waals surface area (Å²) in [5.74, 6) is 0.525. The smallest absolute Gasteiger partial charge is 0.131 e. The van der Waals surface area contributed by atoms with Crippen molar-refractivity contribution in [2.45, 2.75) is 6.92 Å². The second-order valence-corrected chi connectivity index (χ2v) is 3.72. The molecule has 0 fully saturated rings. The van der Waals surface area contributed by atoms with Crippen molar-refractivity contribution >= 4 is 0 Å². The highest BCUT2D eigenvalue weighted by molar-refractivity contribution is 5.66. The maximum Gasteiger partial charge on any atom is 0.131 e. The zero-order chi connectivity index (χ0) is 11.5. The van der Waals surface area contributed by atoms with Gasteiger partial charge in [-0.05, 0) is 36.8 Å². The Morgan fingerprint density at radius 2 is 1.88 bits per heavy atom. The summed E-state index contributed by atoms with van der Waals surface area (Å²) in [5.41, 5.74) is 2.48. The number of aryl methyl sites for hydroxylation is 1. The van der Waals surface area contributed by atoms with Crippen molar-refractivity contribution in [2.24, 2.45) is 0 Å². The summed E-state index contributed by atoms with van der Waals surface area (Å²) < 4.78 is 18.8. The predicted octanol–water partition coefficient (Wildman–Crippen LogP) is 3.81. The third-order valence-electron chi connectivity index (χ3n) is 2.50. The molecule has 2 rings (SSSR count). The molecule has 0 aliphatic carbocycles. The summed E-state index contributed by atoms with van der Waals surface area (Å²) in [5, 5.41) is 0. The minimum absolute atomic E-state index is 0.209. The van der Waals surface area contributed by atoms with Crippen molar-refractivity contribution in [1.82, 2.24) is 0 Å². The van der Waals surface area contributed by atoms with Crippen LogP contribution in [-0.4, -0.2) is 7.11 Å². The Kier molecular flexibility index (Phi) is 2.91. The molecule has 0 aliphatic heterocycles. The lowest BCUT2D eigenvalue weighted by atomic mass is 10.0. The summed E-state index contributed by atoms with van der Waals surface area (Å²) in [6.45, 7) is 1.95. The molecule has 0 N–H and O–H groups in total. The van der Waals surface area contributed by atoms with Crippen LogP contribution in [0.1, 0.15) is 5.56 Å². The molecule has 0 heterocycles. The van der Waals surface area contributed by atoms with Crippen LogP contribution in [0.15, 0.2) is 42.5 Å². The summed E-state index contributed by atoms with van der Waals surface area (Å²) in [7, 11) is 1.60. The van der Waals surface area contributed by atoms with Gasteiger partial charge in [0.2, 0.25) is 0 Å². The van der Waals surface area contributed by atoms with Crippen molar-refractivity contribution in [3.05, 3.63) is 53.8 Å². The largest absolute Gasteiger partial charge is 0.497 e. The molecule has 0 atom stereocenters. The number of halogens is 1. The van der Waals surface area contributed by atoms with Gasteiger partial charge in [0.15, 0.2) is 0 Å². The van der Waals surface area contributed by atoms with E-state index in [9.17, 15) is 4.39 Å². The van der Waals surface area contributed by atoms with Crippen molar-refractivity contribution in [3.63, 3.8) is 0 Å². The van der Waals surface area contributed by atoms with Crippen LogP contribution in [0.25, 0.3) is 11.1 Å². The Labute approximate surface area is 94.5 Å². The molecular weight excluding hydrogens is 203 g/mol. The molecule has 0 amide bonds. The van der Waals surface area contributed by atoms with Crippen LogP contribution in [0.5, 0.6) is 5.75 Å². The van der Waals surface area contributed by atoms with Gasteiger partial charge in [0, 0.05) is 5.56 Å². The Morgan fingerprint density at radius 1 is 1.06 bits per heavy atom. The fourth-order valence-corrected chi connectivity index (χ4v) is 1.65. The molecule has 0 saturated carbocycles. The first-order valence-electron chi connectivity index (χ1n) is 5.11. The van der Waals surface area contributed by atoms with Crippen molar-refractivity contribution < 1.29 is 9.13 Å². The van der Waals surface area contributed by atoms with Gasteiger partial charge in [-0.25, -0.2) is 4.39 Å². The highest BCUT2D eigenvalue weighted by Crippen LogP contribution is 2.26. The second-order valence-electron chi connectivity index (χ2n) is 3.72. The van der Waals surface area contributed by atoms with E-state index in [1.807, 2.05) is 37.3 Å². The van der Waals surface area contributed by atoms with Crippen molar-refractivity contribution in [1.29, 1.82) is 0 Å². The molecule has 0 bridgehead atoms. The minimum atomic E-state index is -0.209. The summed E-state index contributed by atoms with van der Waals surface area (Å²) in [6.07, 6.45) is 0. The summed E-state index contributed by atoms with van der Waals surface area (Å²) >= 11 is 0. The first kappa shape index (κ1) is 10.7. The van der Waals surface area contributed by atoms with Crippen LogP contribution >= 0.6 is 0 Å². The van der Waals surface area contributed by atoms with E-state index in [-0.39, 0.29) is 5.82 Å². The summed E-state index contributed by atoms with van der Waals surface area (Å²) in [4.78, 5) is 0.